The second kappa shape index (κ2) is 7.51. The maximum absolute atomic E-state index is 8.94. The Balaban J connectivity index is 2.49. The van der Waals surface area contributed by atoms with E-state index in [9.17, 15) is 0 Å². The van der Waals surface area contributed by atoms with E-state index >= 15 is 0 Å². The van der Waals surface area contributed by atoms with Crippen molar-refractivity contribution < 1.29 is 4.74 Å². The highest BCUT2D eigenvalue weighted by molar-refractivity contribution is 6.31. The summed E-state index contributed by atoms with van der Waals surface area (Å²) < 4.78 is 5.20. The fraction of sp³-hybridized carbons (Fsp3) is 0.300. The Labute approximate surface area is 148 Å². The second-order valence-electron chi connectivity index (χ2n) is 6.49. The molecule has 0 bridgehead atoms. The van der Waals surface area contributed by atoms with Crippen LogP contribution in [-0.4, -0.2) is 12.1 Å². The predicted molar refractivity (Wildman–Crippen MR) is 98.3 cm³/mol. The van der Waals surface area contributed by atoms with Crippen molar-refractivity contribution in [2.45, 2.75) is 32.6 Å². The first kappa shape index (κ1) is 18.0. The average Bonchev–Trinajstić information content (AvgIpc) is 2.56. The third-order valence-electron chi connectivity index (χ3n) is 3.74. The van der Waals surface area contributed by atoms with Crippen LogP contribution in [0.25, 0.3) is 5.57 Å². The molecule has 0 aliphatic rings. The minimum atomic E-state index is 0.0941. The minimum Gasteiger partial charge on any atom is -0.480 e. The van der Waals surface area contributed by atoms with Gasteiger partial charge in [0, 0.05) is 5.57 Å². The van der Waals surface area contributed by atoms with Crippen LogP contribution in [0.3, 0.4) is 0 Å². The fourth-order valence-electron chi connectivity index (χ4n) is 2.38. The fourth-order valence-corrected chi connectivity index (χ4v) is 2.57. The Morgan fingerprint density at radius 1 is 1.21 bits per heavy atom. The number of methoxy groups -OCH3 is 1. The van der Waals surface area contributed by atoms with Crippen LogP contribution in [0.4, 0.5) is 0 Å². The maximum Gasteiger partial charge on any atom is 0.232 e. The third kappa shape index (κ3) is 4.15. The van der Waals surface area contributed by atoms with Crippen LogP contribution >= 0.6 is 11.6 Å². The smallest absolute Gasteiger partial charge is 0.232 e. The lowest BCUT2D eigenvalue weighted by atomic mass is 9.86. The zero-order valence-electron chi connectivity index (χ0n) is 14.4. The molecular formula is C20H21ClN2O. The van der Waals surface area contributed by atoms with Crippen LogP contribution in [0.15, 0.2) is 42.5 Å². The van der Waals surface area contributed by atoms with Crippen molar-refractivity contribution in [3.05, 3.63) is 64.3 Å². The highest BCUT2D eigenvalue weighted by Crippen LogP contribution is 2.30. The largest absolute Gasteiger partial charge is 0.480 e. The van der Waals surface area contributed by atoms with Crippen molar-refractivity contribution in [1.82, 2.24) is 4.98 Å². The van der Waals surface area contributed by atoms with Crippen molar-refractivity contribution >= 4 is 17.2 Å². The summed E-state index contributed by atoms with van der Waals surface area (Å²) in [5.74, 6) is 0.378. The molecule has 0 spiro atoms. The molecule has 1 aromatic heterocycles. The van der Waals surface area contributed by atoms with Gasteiger partial charge in [-0.3, -0.25) is 0 Å². The third-order valence-corrected chi connectivity index (χ3v) is 4.03. The van der Waals surface area contributed by atoms with Gasteiger partial charge < -0.3 is 4.74 Å². The molecule has 4 heteroatoms. The van der Waals surface area contributed by atoms with Gasteiger partial charge in [-0.15, -0.1) is 0 Å². The first-order valence-electron chi connectivity index (χ1n) is 7.75. The summed E-state index contributed by atoms with van der Waals surface area (Å²) in [7, 11) is 1.54. The van der Waals surface area contributed by atoms with Crippen LogP contribution in [0.5, 0.6) is 5.88 Å². The minimum absolute atomic E-state index is 0.0941. The van der Waals surface area contributed by atoms with Gasteiger partial charge in [-0.05, 0) is 28.7 Å². The van der Waals surface area contributed by atoms with Gasteiger partial charge in [0.1, 0.15) is 5.02 Å². The second-order valence-corrected chi connectivity index (χ2v) is 6.90. The molecule has 2 rings (SSSR count). The molecule has 3 nitrogen and oxygen atoms in total. The summed E-state index contributed by atoms with van der Waals surface area (Å²) in [5, 5.41) is 9.41. The van der Waals surface area contributed by atoms with Gasteiger partial charge in [-0.1, -0.05) is 62.7 Å². The number of aromatic nitrogens is 1. The molecule has 0 unspecified atom stereocenters. The first-order chi connectivity index (χ1) is 11.4. The van der Waals surface area contributed by atoms with Crippen molar-refractivity contribution in [1.29, 1.82) is 5.26 Å². The maximum atomic E-state index is 8.94. The molecule has 1 aromatic carbocycles. The molecule has 124 valence electrons. The molecule has 1 heterocycles. The van der Waals surface area contributed by atoms with Gasteiger partial charge in [0.05, 0.1) is 25.3 Å². The van der Waals surface area contributed by atoms with Gasteiger partial charge in [-0.2, -0.15) is 5.26 Å². The van der Waals surface area contributed by atoms with Crippen LogP contribution in [-0.2, 0) is 5.41 Å². The van der Waals surface area contributed by atoms with Gasteiger partial charge >= 0.3 is 0 Å². The SMILES string of the molecule is COc1nc(C(=CCC#N)c2ccc(C(C)(C)C)cc2)ccc1Cl. The van der Waals surface area contributed by atoms with Gasteiger partial charge in [0.15, 0.2) is 0 Å². The number of nitriles is 1. The molecule has 24 heavy (non-hydrogen) atoms. The van der Waals surface area contributed by atoms with Crippen LogP contribution in [0.2, 0.25) is 5.02 Å². The number of hydrogen-bond donors (Lipinski definition) is 0. The summed E-state index contributed by atoms with van der Waals surface area (Å²) in [6.07, 6.45) is 2.19. The summed E-state index contributed by atoms with van der Waals surface area (Å²) in [5.41, 5.74) is 3.99. The van der Waals surface area contributed by atoms with Crippen LogP contribution in [0, 0.1) is 11.3 Å². The zero-order valence-corrected chi connectivity index (χ0v) is 15.2. The van der Waals surface area contributed by atoms with Gasteiger partial charge in [-0.25, -0.2) is 4.98 Å². The summed E-state index contributed by atoms with van der Waals surface area (Å²) in [6.45, 7) is 6.54. The standard InChI is InChI=1S/C20H21ClN2O/c1-20(2,3)15-9-7-14(8-10-15)16(6-5-13-22)18-12-11-17(21)19(23-18)24-4/h6-12H,5H2,1-4H3. The van der Waals surface area contributed by atoms with E-state index in [0.717, 1.165) is 16.8 Å². The van der Waals surface area contributed by atoms with Crippen LogP contribution < -0.4 is 4.74 Å². The number of hydrogen-bond acceptors (Lipinski definition) is 3. The molecule has 0 aliphatic heterocycles. The van der Waals surface area contributed by atoms with Crippen LogP contribution in [0.1, 0.15) is 44.0 Å². The summed E-state index contributed by atoms with van der Waals surface area (Å²) in [6, 6.07) is 14.1. The van der Waals surface area contributed by atoms with E-state index in [1.54, 1.807) is 6.07 Å². The van der Waals surface area contributed by atoms with Crippen molar-refractivity contribution in [3.8, 4) is 11.9 Å². The molecule has 2 aromatic rings. The van der Waals surface area contributed by atoms with E-state index < -0.39 is 0 Å². The lowest BCUT2D eigenvalue weighted by Crippen LogP contribution is -2.10. The van der Waals surface area contributed by atoms with E-state index in [0.29, 0.717) is 17.3 Å². The Morgan fingerprint density at radius 2 is 1.88 bits per heavy atom. The molecule has 0 amide bonds. The lowest BCUT2D eigenvalue weighted by molar-refractivity contribution is 0.398. The first-order valence-corrected chi connectivity index (χ1v) is 8.13. The zero-order chi connectivity index (χ0) is 17.7. The van der Waals surface area contributed by atoms with Gasteiger partial charge in [0.25, 0.3) is 0 Å². The number of pyridine rings is 1. The van der Waals surface area contributed by atoms with E-state index in [1.165, 1.54) is 12.7 Å². The number of ether oxygens (including phenoxy) is 1. The number of allylic oxidation sites excluding steroid dienone is 1. The Hall–Kier alpha value is -2.31. The Kier molecular flexibility index (Phi) is 5.64. The molecule has 0 atom stereocenters. The highest BCUT2D eigenvalue weighted by atomic mass is 35.5. The van der Waals surface area contributed by atoms with E-state index in [-0.39, 0.29) is 5.41 Å². The number of nitrogens with zero attached hydrogens (tertiary/aromatic N) is 2. The molecular weight excluding hydrogens is 320 g/mol. The summed E-state index contributed by atoms with van der Waals surface area (Å²) >= 11 is 6.06. The normalized spacial score (nSPS) is 11.9. The van der Waals surface area contributed by atoms with E-state index in [4.69, 9.17) is 21.6 Å². The lowest BCUT2D eigenvalue weighted by Gasteiger charge is -2.19. The highest BCUT2D eigenvalue weighted by Gasteiger charge is 2.15. The Bertz CT molecular complexity index is 781. The van der Waals surface area contributed by atoms with Gasteiger partial charge in [0.2, 0.25) is 5.88 Å². The Morgan fingerprint density at radius 3 is 2.42 bits per heavy atom. The molecule has 0 saturated heterocycles. The molecule has 0 aliphatic carbocycles. The number of benzene rings is 1. The van der Waals surface area contributed by atoms with Crippen molar-refractivity contribution in [3.63, 3.8) is 0 Å². The quantitative estimate of drug-likeness (QED) is 0.749. The number of halogens is 1. The average molecular weight is 341 g/mol. The van der Waals surface area contributed by atoms with E-state index in [2.05, 4.69) is 56.1 Å². The molecule has 0 saturated carbocycles. The number of rotatable bonds is 4. The van der Waals surface area contributed by atoms with Crippen molar-refractivity contribution in [2.24, 2.45) is 0 Å². The predicted octanol–water partition coefficient (Wildman–Crippen LogP) is 5.39. The topological polar surface area (TPSA) is 45.9 Å². The molecule has 0 radical (unpaired) electrons. The van der Waals surface area contributed by atoms with E-state index in [1.807, 2.05) is 12.1 Å². The molecule has 0 fully saturated rings. The monoisotopic (exact) mass is 340 g/mol. The van der Waals surface area contributed by atoms with Crippen molar-refractivity contribution in [2.75, 3.05) is 7.11 Å². The molecule has 0 N–H and O–H groups in total. The summed E-state index contributed by atoms with van der Waals surface area (Å²) in [4.78, 5) is 4.46.